The highest BCUT2D eigenvalue weighted by Crippen LogP contribution is 2.30. The number of hydrogen-bond acceptors (Lipinski definition) is 5. The minimum absolute atomic E-state index is 0.130. The Morgan fingerprint density at radius 3 is 2.62 bits per heavy atom. The van der Waals surface area contributed by atoms with Gasteiger partial charge >= 0.3 is 0 Å². The molecular weight excluding hydrogens is 310 g/mol. The first kappa shape index (κ1) is 16.2. The molecule has 2 aromatic rings. The molecule has 1 aromatic carbocycles. The third-order valence-corrected chi connectivity index (χ3v) is 4.04. The number of carbonyl (C=O) groups excluding carboxylic acids is 2. The number of aromatic nitrogens is 1. The van der Waals surface area contributed by atoms with Gasteiger partial charge in [-0.15, -0.1) is 0 Å². The van der Waals surface area contributed by atoms with Crippen molar-refractivity contribution in [1.82, 2.24) is 10.1 Å². The second-order valence-corrected chi connectivity index (χ2v) is 5.90. The number of nitrogens with zero attached hydrogens (tertiary/aromatic N) is 2. The maximum absolute atomic E-state index is 12.6. The Bertz CT molecular complexity index is 753. The van der Waals surface area contributed by atoms with Gasteiger partial charge in [-0.3, -0.25) is 9.59 Å². The average molecular weight is 329 g/mol. The Balaban J connectivity index is 1.86. The predicted molar refractivity (Wildman–Crippen MR) is 86.3 cm³/mol. The molecule has 2 heterocycles. The maximum atomic E-state index is 12.6. The van der Waals surface area contributed by atoms with Gasteiger partial charge in [0.1, 0.15) is 12.4 Å². The Morgan fingerprint density at radius 2 is 2.00 bits per heavy atom. The summed E-state index contributed by atoms with van der Waals surface area (Å²) in [5, 5.41) is 6.42. The molecule has 1 aromatic heterocycles. The third kappa shape index (κ3) is 3.16. The lowest BCUT2D eigenvalue weighted by atomic mass is 9.97. The summed E-state index contributed by atoms with van der Waals surface area (Å²) in [7, 11) is 1.68. The lowest BCUT2D eigenvalue weighted by molar-refractivity contribution is -0.160. The molecule has 1 aliphatic heterocycles. The molecule has 0 spiro atoms. The van der Waals surface area contributed by atoms with Gasteiger partial charge in [-0.1, -0.05) is 35.0 Å². The molecule has 126 valence electrons. The summed E-state index contributed by atoms with van der Waals surface area (Å²) in [6, 6.07) is 8.81. The smallest absolute Gasteiger partial charge is 0.257 e. The van der Waals surface area contributed by atoms with Gasteiger partial charge in [-0.25, -0.2) is 0 Å². The molecule has 2 amide bonds. The van der Waals surface area contributed by atoms with E-state index in [-0.39, 0.29) is 18.4 Å². The molecule has 0 saturated carbocycles. The number of benzene rings is 1. The van der Waals surface area contributed by atoms with Crippen LogP contribution >= 0.6 is 0 Å². The van der Waals surface area contributed by atoms with Crippen LogP contribution in [0.25, 0.3) is 0 Å². The quantitative estimate of drug-likeness (QED) is 0.928. The number of morpholine rings is 1. The first-order valence-corrected chi connectivity index (χ1v) is 7.63. The molecule has 7 heteroatoms. The van der Waals surface area contributed by atoms with E-state index in [0.717, 1.165) is 11.1 Å². The first-order chi connectivity index (χ1) is 11.5. The van der Waals surface area contributed by atoms with Crippen LogP contribution in [-0.2, 0) is 14.3 Å². The number of carbonyl (C=O) groups is 2. The maximum Gasteiger partial charge on any atom is 0.257 e. The number of anilines is 1. The van der Waals surface area contributed by atoms with Gasteiger partial charge in [-0.2, -0.15) is 0 Å². The van der Waals surface area contributed by atoms with Gasteiger partial charge in [-0.05, 0) is 19.4 Å². The number of likely N-dealkylation sites (N-methyl/N-ethyl adjacent to an activating group) is 1. The van der Waals surface area contributed by atoms with Crippen molar-refractivity contribution in [3.8, 4) is 0 Å². The van der Waals surface area contributed by atoms with Crippen molar-refractivity contribution in [2.45, 2.75) is 26.0 Å². The second-order valence-electron chi connectivity index (χ2n) is 5.90. The molecule has 1 fully saturated rings. The SMILES string of the molecule is Cc1ccc([C@@H]2[C@H](C(=O)Nc3cc(C)on3)OCC(=O)N2C)cc1. The molecular formula is C17H19N3O4. The van der Waals surface area contributed by atoms with Crippen LogP contribution in [0.5, 0.6) is 0 Å². The summed E-state index contributed by atoms with van der Waals surface area (Å²) in [6.07, 6.45) is -0.826. The highest BCUT2D eigenvalue weighted by Gasteiger charge is 2.40. The fraction of sp³-hybridized carbons (Fsp3) is 0.353. The van der Waals surface area contributed by atoms with E-state index in [0.29, 0.717) is 11.6 Å². The molecule has 0 unspecified atom stereocenters. The van der Waals surface area contributed by atoms with Crippen LogP contribution in [-0.4, -0.2) is 41.6 Å². The minimum Gasteiger partial charge on any atom is -0.360 e. The number of hydrogen-bond donors (Lipinski definition) is 1. The number of ether oxygens (including phenoxy) is 1. The zero-order valence-corrected chi connectivity index (χ0v) is 13.8. The van der Waals surface area contributed by atoms with Gasteiger partial charge < -0.3 is 19.5 Å². The molecule has 1 aliphatic rings. The van der Waals surface area contributed by atoms with Crippen LogP contribution in [0.4, 0.5) is 5.82 Å². The van der Waals surface area contributed by atoms with Crippen molar-refractivity contribution >= 4 is 17.6 Å². The zero-order chi connectivity index (χ0) is 17.3. The van der Waals surface area contributed by atoms with E-state index >= 15 is 0 Å². The van der Waals surface area contributed by atoms with Crippen LogP contribution < -0.4 is 5.32 Å². The molecule has 0 radical (unpaired) electrons. The predicted octanol–water partition coefficient (Wildman–Crippen LogP) is 1.83. The van der Waals surface area contributed by atoms with Crippen molar-refractivity contribution in [1.29, 1.82) is 0 Å². The van der Waals surface area contributed by atoms with Crippen LogP contribution in [0.2, 0.25) is 0 Å². The average Bonchev–Trinajstić information content (AvgIpc) is 2.96. The molecule has 24 heavy (non-hydrogen) atoms. The number of aryl methyl sites for hydroxylation is 2. The molecule has 1 N–H and O–H groups in total. The van der Waals surface area contributed by atoms with Crippen molar-refractivity contribution < 1.29 is 18.8 Å². The molecule has 0 aliphatic carbocycles. The fourth-order valence-corrected chi connectivity index (χ4v) is 2.72. The largest absolute Gasteiger partial charge is 0.360 e. The van der Waals surface area contributed by atoms with E-state index in [9.17, 15) is 9.59 Å². The molecule has 7 nitrogen and oxygen atoms in total. The standard InChI is InChI=1S/C17H19N3O4/c1-10-4-6-12(7-5-10)15-16(23-9-14(21)20(15)3)17(22)18-13-8-11(2)24-19-13/h4-8,15-16H,9H2,1-3H3,(H,18,19,22)/t15-,16-/m1/s1. The third-order valence-electron chi connectivity index (χ3n) is 4.04. The monoisotopic (exact) mass is 329 g/mol. The summed E-state index contributed by atoms with van der Waals surface area (Å²) in [4.78, 5) is 26.2. The van der Waals surface area contributed by atoms with Crippen LogP contribution in [0, 0.1) is 13.8 Å². The van der Waals surface area contributed by atoms with E-state index in [1.54, 1.807) is 24.9 Å². The second kappa shape index (κ2) is 6.45. The molecule has 1 saturated heterocycles. The minimum atomic E-state index is -0.826. The fourth-order valence-electron chi connectivity index (χ4n) is 2.72. The highest BCUT2D eigenvalue weighted by molar-refractivity contribution is 5.95. The van der Waals surface area contributed by atoms with Gasteiger partial charge in [0.15, 0.2) is 11.9 Å². The highest BCUT2D eigenvalue weighted by atomic mass is 16.5. The van der Waals surface area contributed by atoms with Crippen LogP contribution in [0.15, 0.2) is 34.9 Å². The van der Waals surface area contributed by atoms with Gasteiger partial charge in [0, 0.05) is 13.1 Å². The van der Waals surface area contributed by atoms with Crippen molar-refractivity contribution in [2.75, 3.05) is 19.0 Å². The molecule has 3 rings (SSSR count). The van der Waals surface area contributed by atoms with Crippen molar-refractivity contribution in [3.05, 3.63) is 47.2 Å². The summed E-state index contributed by atoms with van der Waals surface area (Å²) in [5.41, 5.74) is 1.94. The summed E-state index contributed by atoms with van der Waals surface area (Å²) < 4.78 is 10.5. The van der Waals surface area contributed by atoms with E-state index < -0.39 is 12.1 Å². The van der Waals surface area contributed by atoms with E-state index in [4.69, 9.17) is 9.26 Å². The van der Waals surface area contributed by atoms with Crippen LogP contribution in [0.3, 0.4) is 0 Å². The zero-order valence-electron chi connectivity index (χ0n) is 13.8. The summed E-state index contributed by atoms with van der Waals surface area (Å²) in [6.45, 7) is 3.59. The molecule has 2 atom stereocenters. The number of amides is 2. The normalized spacial score (nSPS) is 21.0. The van der Waals surface area contributed by atoms with Gasteiger partial charge in [0.2, 0.25) is 5.91 Å². The lowest BCUT2D eigenvalue weighted by Gasteiger charge is -2.38. The molecule has 0 bridgehead atoms. The van der Waals surface area contributed by atoms with Gasteiger partial charge in [0.25, 0.3) is 5.91 Å². The Morgan fingerprint density at radius 1 is 1.29 bits per heavy atom. The Labute approximate surface area is 139 Å². The summed E-state index contributed by atoms with van der Waals surface area (Å²) in [5.74, 6) is 0.385. The van der Waals surface area contributed by atoms with Crippen molar-refractivity contribution in [3.63, 3.8) is 0 Å². The van der Waals surface area contributed by atoms with E-state index in [1.807, 2.05) is 31.2 Å². The number of rotatable bonds is 3. The number of nitrogens with one attached hydrogen (secondary N) is 1. The Hall–Kier alpha value is -2.67. The van der Waals surface area contributed by atoms with Gasteiger partial charge in [0.05, 0.1) is 6.04 Å². The van der Waals surface area contributed by atoms with E-state index in [2.05, 4.69) is 10.5 Å². The summed E-state index contributed by atoms with van der Waals surface area (Å²) >= 11 is 0. The van der Waals surface area contributed by atoms with Crippen molar-refractivity contribution in [2.24, 2.45) is 0 Å². The van der Waals surface area contributed by atoms with Crippen LogP contribution in [0.1, 0.15) is 22.9 Å². The first-order valence-electron chi connectivity index (χ1n) is 7.63. The lowest BCUT2D eigenvalue weighted by Crippen LogP contribution is -2.51. The topological polar surface area (TPSA) is 84.7 Å². The Kier molecular flexibility index (Phi) is 4.35. The van der Waals surface area contributed by atoms with E-state index in [1.165, 1.54) is 0 Å².